The van der Waals surface area contributed by atoms with E-state index in [1.54, 1.807) is 22.0 Å². The normalized spacial score (nSPS) is 10.7. The molecule has 0 spiro atoms. The van der Waals surface area contributed by atoms with Gasteiger partial charge in [-0.3, -0.25) is 4.79 Å². The molecule has 0 radical (unpaired) electrons. The van der Waals surface area contributed by atoms with E-state index in [-0.39, 0.29) is 10.5 Å². The molecule has 0 aliphatic heterocycles. The Morgan fingerprint density at radius 3 is 2.75 bits per heavy atom. The smallest absolute Gasteiger partial charge is 0.261 e. The Kier molecular flexibility index (Phi) is 5.09. The molecule has 2 heterocycles. The van der Waals surface area contributed by atoms with E-state index in [4.69, 9.17) is 18.0 Å². The standard InChI is InChI=1S/C15H18N2OS2/c1-2-3-4-9-17-12(13-6-5-10-20-13)8-7-11(14(16)19)15(17)18/h5-8,10H,2-4,9H2,1H3,(H2,16,19). The largest absolute Gasteiger partial charge is 0.389 e. The highest BCUT2D eigenvalue weighted by Gasteiger charge is 2.12. The Bertz CT molecular complexity index is 644. The number of hydrogen-bond acceptors (Lipinski definition) is 3. The molecule has 5 heteroatoms. The molecule has 0 aliphatic rings. The van der Waals surface area contributed by atoms with Gasteiger partial charge in [-0.25, -0.2) is 0 Å². The molecule has 2 rings (SSSR count). The maximum atomic E-state index is 12.5. The first-order chi connectivity index (χ1) is 9.65. The number of rotatable bonds is 6. The number of thiocarbonyl (C=S) groups is 1. The quantitative estimate of drug-likeness (QED) is 0.657. The first-order valence-corrected chi connectivity index (χ1v) is 8.01. The molecule has 0 saturated carbocycles. The van der Waals surface area contributed by atoms with Crippen molar-refractivity contribution in [3.8, 4) is 10.6 Å². The monoisotopic (exact) mass is 306 g/mol. The SMILES string of the molecule is CCCCCn1c(-c2cccs2)ccc(C(N)=S)c1=O. The Morgan fingerprint density at radius 1 is 1.35 bits per heavy atom. The predicted octanol–water partition coefficient (Wildman–Crippen LogP) is 3.40. The van der Waals surface area contributed by atoms with Crippen LogP contribution in [0.4, 0.5) is 0 Å². The summed E-state index contributed by atoms with van der Waals surface area (Å²) < 4.78 is 1.80. The van der Waals surface area contributed by atoms with Crippen LogP contribution in [-0.2, 0) is 6.54 Å². The van der Waals surface area contributed by atoms with Crippen LogP contribution in [0.25, 0.3) is 10.6 Å². The van der Waals surface area contributed by atoms with E-state index in [1.165, 1.54) is 0 Å². The van der Waals surface area contributed by atoms with Crippen molar-refractivity contribution in [2.75, 3.05) is 0 Å². The van der Waals surface area contributed by atoms with Crippen molar-refractivity contribution in [3.63, 3.8) is 0 Å². The fraction of sp³-hybridized carbons (Fsp3) is 0.333. The van der Waals surface area contributed by atoms with Crippen molar-refractivity contribution in [1.29, 1.82) is 0 Å². The van der Waals surface area contributed by atoms with E-state index in [2.05, 4.69) is 6.92 Å². The first-order valence-electron chi connectivity index (χ1n) is 6.72. The molecule has 106 valence electrons. The number of nitrogens with two attached hydrogens (primary N) is 1. The highest BCUT2D eigenvalue weighted by molar-refractivity contribution is 7.80. The summed E-state index contributed by atoms with van der Waals surface area (Å²) in [7, 11) is 0. The molecule has 0 unspecified atom stereocenters. The van der Waals surface area contributed by atoms with Gasteiger partial charge in [-0.05, 0) is 30.0 Å². The first kappa shape index (κ1) is 14.9. The molecule has 2 N–H and O–H groups in total. The second-order valence-electron chi connectivity index (χ2n) is 4.64. The molecule has 0 fully saturated rings. The average Bonchev–Trinajstić information content (AvgIpc) is 2.94. The van der Waals surface area contributed by atoms with Crippen LogP contribution in [0.5, 0.6) is 0 Å². The zero-order chi connectivity index (χ0) is 14.5. The van der Waals surface area contributed by atoms with Gasteiger partial charge >= 0.3 is 0 Å². The predicted molar refractivity (Wildman–Crippen MR) is 89.4 cm³/mol. The van der Waals surface area contributed by atoms with Crippen LogP contribution < -0.4 is 11.3 Å². The number of nitrogens with zero attached hydrogens (tertiary/aromatic N) is 1. The van der Waals surface area contributed by atoms with Crippen molar-refractivity contribution in [2.24, 2.45) is 5.73 Å². The van der Waals surface area contributed by atoms with E-state index in [0.717, 1.165) is 29.8 Å². The van der Waals surface area contributed by atoms with Crippen molar-refractivity contribution in [1.82, 2.24) is 4.57 Å². The highest BCUT2D eigenvalue weighted by Crippen LogP contribution is 2.24. The fourth-order valence-corrected chi connectivity index (χ4v) is 3.06. The molecule has 0 bridgehead atoms. The molecule has 0 aromatic carbocycles. The molecule has 3 nitrogen and oxygen atoms in total. The second kappa shape index (κ2) is 6.81. The summed E-state index contributed by atoms with van der Waals surface area (Å²) in [6.07, 6.45) is 3.21. The lowest BCUT2D eigenvalue weighted by Gasteiger charge is -2.13. The maximum absolute atomic E-state index is 12.5. The number of aromatic nitrogens is 1. The van der Waals surface area contributed by atoms with E-state index in [9.17, 15) is 4.79 Å². The summed E-state index contributed by atoms with van der Waals surface area (Å²) in [6, 6.07) is 7.68. The van der Waals surface area contributed by atoms with Gasteiger partial charge < -0.3 is 10.3 Å². The van der Waals surface area contributed by atoms with Crippen LogP contribution in [-0.4, -0.2) is 9.56 Å². The third-order valence-corrected chi connectivity index (χ3v) is 4.31. The van der Waals surface area contributed by atoms with Crippen molar-refractivity contribution < 1.29 is 0 Å². The summed E-state index contributed by atoms with van der Waals surface area (Å²) in [5, 5.41) is 2.01. The minimum atomic E-state index is -0.0838. The third kappa shape index (κ3) is 3.16. The second-order valence-corrected chi connectivity index (χ2v) is 6.03. The number of unbranched alkanes of at least 4 members (excludes halogenated alkanes) is 2. The molecule has 0 amide bonds. The lowest BCUT2D eigenvalue weighted by molar-refractivity contribution is 0.592. The Hall–Kier alpha value is -1.46. The number of pyridine rings is 1. The molecule has 0 saturated heterocycles. The Balaban J connectivity index is 2.48. The van der Waals surface area contributed by atoms with Gasteiger partial charge in [0.05, 0.1) is 16.1 Å². The van der Waals surface area contributed by atoms with Crippen molar-refractivity contribution >= 4 is 28.5 Å². The Labute approximate surface area is 128 Å². The van der Waals surface area contributed by atoms with Gasteiger partial charge in [-0.1, -0.05) is 38.0 Å². The molecule has 2 aromatic rings. The summed E-state index contributed by atoms with van der Waals surface area (Å²) in [5.41, 5.74) is 6.92. The van der Waals surface area contributed by atoms with Gasteiger partial charge in [0.1, 0.15) is 4.99 Å². The van der Waals surface area contributed by atoms with E-state index in [0.29, 0.717) is 12.1 Å². The van der Waals surface area contributed by atoms with Crippen LogP contribution >= 0.6 is 23.6 Å². The number of hydrogen-bond donors (Lipinski definition) is 1. The minimum Gasteiger partial charge on any atom is -0.389 e. The lowest BCUT2D eigenvalue weighted by Crippen LogP contribution is -2.29. The van der Waals surface area contributed by atoms with Crippen molar-refractivity contribution in [2.45, 2.75) is 32.7 Å². The zero-order valence-electron chi connectivity index (χ0n) is 11.5. The van der Waals surface area contributed by atoms with Crippen molar-refractivity contribution in [3.05, 3.63) is 45.6 Å². The van der Waals surface area contributed by atoms with Gasteiger partial charge in [0, 0.05) is 6.54 Å². The van der Waals surface area contributed by atoms with Crippen LogP contribution in [0.2, 0.25) is 0 Å². The summed E-state index contributed by atoms with van der Waals surface area (Å²) in [4.78, 5) is 13.8. The molecule has 0 atom stereocenters. The average molecular weight is 306 g/mol. The molecule has 20 heavy (non-hydrogen) atoms. The van der Waals surface area contributed by atoms with E-state index < -0.39 is 0 Å². The zero-order valence-corrected chi connectivity index (χ0v) is 13.1. The van der Waals surface area contributed by atoms with Gasteiger partial charge in [0.2, 0.25) is 0 Å². The topological polar surface area (TPSA) is 48.0 Å². The Morgan fingerprint density at radius 2 is 2.15 bits per heavy atom. The van der Waals surface area contributed by atoms with Gasteiger partial charge in [-0.2, -0.15) is 0 Å². The molecule has 0 aliphatic carbocycles. The summed E-state index contributed by atoms with van der Waals surface area (Å²) >= 11 is 6.58. The van der Waals surface area contributed by atoms with Crippen LogP contribution in [0.15, 0.2) is 34.4 Å². The van der Waals surface area contributed by atoms with Gasteiger partial charge in [0.25, 0.3) is 5.56 Å². The maximum Gasteiger partial charge on any atom is 0.261 e. The van der Waals surface area contributed by atoms with Crippen LogP contribution in [0, 0.1) is 0 Å². The fourth-order valence-electron chi connectivity index (χ4n) is 2.15. The third-order valence-electron chi connectivity index (χ3n) is 3.20. The van der Waals surface area contributed by atoms with Crippen LogP contribution in [0.1, 0.15) is 31.7 Å². The molecule has 2 aromatic heterocycles. The highest BCUT2D eigenvalue weighted by atomic mass is 32.1. The van der Waals surface area contributed by atoms with E-state index >= 15 is 0 Å². The minimum absolute atomic E-state index is 0.0838. The van der Waals surface area contributed by atoms with Gasteiger partial charge in [-0.15, -0.1) is 11.3 Å². The lowest BCUT2D eigenvalue weighted by atomic mass is 10.2. The van der Waals surface area contributed by atoms with Gasteiger partial charge in [0.15, 0.2) is 0 Å². The van der Waals surface area contributed by atoms with E-state index in [1.807, 2.05) is 23.6 Å². The summed E-state index contributed by atoms with van der Waals surface area (Å²) in [6.45, 7) is 2.85. The summed E-state index contributed by atoms with van der Waals surface area (Å²) in [5.74, 6) is 0. The molecular formula is C15H18N2OS2. The van der Waals surface area contributed by atoms with Crippen LogP contribution in [0.3, 0.4) is 0 Å². The molecular weight excluding hydrogens is 288 g/mol. The number of thiophene rings is 1.